The van der Waals surface area contributed by atoms with Crippen LogP contribution in [0.1, 0.15) is 11.6 Å². The van der Waals surface area contributed by atoms with Crippen LogP contribution in [0.2, 0.25) is 5.02 Å². The maximum absolute atomic E-state index is 12.6. The molecule has 0 amide bonds. The predicted octanol–water partition coefficient (Wildman–Crippen LogP) is 2.66. The molecule has 3 heterocycles. The van der Waals surface area contributed by atoms with Crippen molar-refractivity contribution in [3.05, 3.63) is 69.7 Å². The lowest BCUT2D eigenvalue weighted by molar-refractivity contribution is 0.391. The van der Waals surface area contributed by atoms with Gasteiger partial charge < -0.3 is 15.0 Å². The first-order chi connectivity index (χ1) is 14.1. The van der Waals surface area contributed by atoms with Crippen molar-refractivity contribution in [1.29, 1.82) is 0 Å². The van der Waals surface area contributed by atoms with E-state index in [2.05, 4.69) is 15.2 Å². The number of rotatable bonds is 4. The fraction of sp³-hybridized carbons (Fsp3) is 0.286. The van der Waals surface area contributed by atoms with Crippen LogP contribution in [0.4, 0.5) is 5.95 Å². The first-order valence-electron chi connectivity index (χ1n) is 9.37. The Morgan fingerprint density at radius 2 is 2.00 bits per heavy atom. The molecule has 1 aromatic carbocycles. The van der Waals surface area contributed by atoms with E-state index in [0.29, 0.717) is 23.2 Å². The molecule has 1 aliphatic rings. The highest BCUT2D eigenvalue weighted by atomic mass is 35.5. The number of hydrogen-bond acceptors (Lipinski definition) is 6. The number of halogens is 1. The standard InChI is InChI=1S/C21H22ClN5O2/c1-26-20(28)12-17(14-5-7-23-8-6-14)25-21(26)27-10-9-24-18(13-27)16-4-3-15(22)11-19(16)29-2/h3-8,11-12,18,24H,9-10,13H2,1-2H3. The summed E-state index contributed by atoms with van der Waals surface area (Å²) >= 11 is 6.11. The van der Waals surface area contributed by atoms with Crippen LogP contribution in [0.15, 0.2) is 53.6 Å². The van der Waals surface area contributed by atoms with Gasteiger partial charge in [-0.3, -0.25) is 14.3 Å². The molecule has 8 heteroatoms. The Bertz CT molecular complexity index is 1070. The SMILES string of the molecule is COc1cc(Cl)ccc1C1CN(c2nc(-c3ccncc3)cc(=O)n2C)CCN1. The summed E-state index contributed by atoms with van der Waals surface area (Å²) in [6.45, 7) is 2.15. The van der Waals surface area contributed by atoms with E-state index in [1.807, 2.05) is 30.3 Å². The summed E-state index contributed by atoms with van der Waals surface area (Å²) in [7, 11) is 3.39. The second kappa shape index (κ2) is 8.23. The Hall–Kier alpha value is -2.90. The molecule has 7 nitrogen and oxygen atoms in total. The Morgan fingerprint density at radius 3 is 2.76 bits per heavy atom. The van der Waals surface area contributed by atoms with Crippen molar-refractivity contribution in [3.8, 4) is 17.0 Å². The van der Waals surface area contributed by atoms with Gasteiger partial charge in [-0.15, -0.1) is 0 Å². The molecule has 29 heavy (non-hydrogen) atoms. The van der Waals surface area contributed by atoms with Gasteiger partial charge in [-0.2, -0.15) is 0 Å². The number of anilines is 1. The number of aromatic nitrogens is 3. The van der Waals surface area contributed by atoms with Crippen LogP contribution in [-0.2, 0) is 7.05 Å². The highest BCUT2D eigenvalue weighted by Crippen LogP contribution is 2.31. The molecular weight excluding hydrogens is 390 g/mol. The molecule has 2 aromatic heterocycles. The third-order valence-corrected chi connectivity index (χ3v) is 5.35. The lowest BCUT2D eigenvalue weighted by Crippen LogP contribution is -2.47. The molecule has 1 saturated heterocycles. The minimum Gasteiger partial charge on any atom is -0.496 e. The van der Waals surface area contributed by atoms with Gasteiger partial charge in [0.2, 0.25) is 5.95 Å². The smallest absolute Gasteiger partial charge is 0.255 e. The van der Waals surface area contributed by atoms with Crippen LogP contribution in [0.5, 0.6) is 5.75 Å². The minimum atomic E-state index is -0.0963. The average Bonchev–Trinajstić information content (AvgIpc) is 2.76. The molecule has 0 saturated carbocycles. The summed E-state index contributed by atoms with van der Waals surface area (Å²) in [5, 5.41) is 4.15. The largest absolute Gasteiger partial charge is 0.496 e. The molecule has 0 bridgehead atoms. The number of piperazine rings is 1. The summed E-state index contributed by atoms with van der Waals surface area (Å²) in [5.41, 5.74) is 2.44. The highest BCUT2D eigenvalue weighted by Gasteiger charge is 2.26. The summed E-state index contributed by atoms with van der Waals surface area (Å²) in [5.74, 6) is 1.38. The van der Waals surface area contributed by atoms with Crippen LogP contribution in [-0.4, -0.2) is 41.3 Å². The number of pyridine rings is 1. The van der Waals surface area contributed by atoms with Crippen LogP contribution >= 0.6 is 11.6 Å². The predicted molar refractivity (Wildman–Crippen MR) is 114 cm³/mol. The zero-order valence-electron chi connectivity index (χ0n) is 16.3. The van der Waals surface area contributed by atoms with Gasteiger partial charge in [0.05, 0.1) is 18.8 Å². The lowest BCUT2D eigenvalue weighted by Gasteiger charge is -2.35. The van der Waals surface area contributed by atoms with E-state index in [0.717, 1.165) is 30.0 Å². The molecule has 4 rings (SSSR count). The van der Waals surface area contributed by atoms with E-state index >= 15 is 0 Å². The number of nitrogens with zero attached hydrogens (tertiary/aromatic N) is 4. The zero-order valence-corrected chi connectivity index (χ0v) is 17.1. The van der Waals surface area contributed by atoms with Gasteiger partial charge in [0.1, 0.15) is 5.75 Å². The first-order valence-corrected chi connectivity index (χ1v) is 9.75. The van der Waals surface area contributed by atoms with Crippen molar-refractivity contribution in [1.82, 2.24) is 19.9 Å². The Balaban J connectivity index is 1.68. The van der Waals surface area contributed by atoms with Gasteiger partial charge >= 0.3 is 0 Å². The van der Waals surface area contributed by atoms with Crippen molar-refractivity contribution < 1.29 is 4.74 Å². The molecule has 1 N–H and O–H groups in total. The van der Waals surface area contributed by atoms with Gasteiger partial charge in [-0.1, -0.05) is 17.7 Å². The van der Waals surface area contributed by atoms with Gasteiger partial charge in [0.15, 0.2) is 0 Å². The molecule has 1 atom stereocenters. The van der Waals surface area contributed by atoms with Gasteiger partial charge in [-0.25, -0.2) is 4.98 Å². The zero-order chi connectivity index (χ0) is 20.4. The molecule has 1 unspecified atom stereocenters. The molecule has 0 spiro atoms. The quantitative estimate of drug-likeness (QED) is 0.711. The van der Waals surface area contributed by atoms with Crippen LogP contribution in [0.3, 0.4) is 0 Å². The van der Waals surface area contributed by atoms with E-state index in [1.54, 1.807) is 37.2 Å². The second-order valence-corrected chi connectivity index (χ2v) is 7.35. The highest BCUT2D eigenvalue weighted by molar-refractivity contribution is 6.30. The average molecular weight is 412 g/mol. The Kier molecular flexibility index (Phi) is 5.51. The Labute approximate surface area is 173 Å². The molecule has 0 aliphatic carbocycles. The Morgan fingerprint density at radius 1 is 1.21 bits per heavy atom. The summed E-state index contributed by atoms with van der Waals surface area (Å²) in [4.78, 5) is 23.6. The maximum atomic E-state index is 12.6. The fourth-order valence-corrected chi connectivity index (χ4v) is 3.76. The van der Waals surface area contributed by atoms with E-state index in [4.69, 9.17) is 21.3 Å². The van der Waals surface area contributed by atoms with Crippen molar-refractivity contribution in [2.45, 2.75) is 6.04 Å². The van der Waals surface area contributed by atoms with Crippen LogP contribution in [0.25, 0.3) is 11.3 Å². The van der Waals surface area contributed by atoms with Gasteiger partial charge in [0.25, 0.3) is 5.56 Å². The molecule has 1 fully saturated rings. The van der Waals surface area contributed by atoms with Gasteiger partial charge in [0, 0.05) is 61.3 Å². The molecule has 0 radical (unpaired) electrons. The lowest BCUT2D eigenvalue weighted by atomic mass is 10.0. The van der Waals surface area contributed by atoms with Gasteiger partial charge in [-0.05, 0) is 24.3 Å². The third-order valence-electron chi connectivity index (χ3n) is 5.12. The van der Waals surface area contributed by atoms with Crippen molar-refractivity contribution in [3.63, 3.8) is 0 Å². The molecular formula is C21H22ClN5O2. The van der Waals surface area contributed by atoms with Crippen LogP contribution < -0.4 is 20.5 Å². The summed E-state index contributed by atoms with van der Waals surface area (Å²) in [6, 6.07) is 10.9. The number of hydrogen-bond donors (Lipinski definition) is 1. The van der Waals surface area contributed by atoms with Crippen molar-refractivity contribution >= 4 is 17.5 Å². The number of benzene rings is 1. The third kappa shape index (κ3) is 3.97. The van der Waals surface area contributed by atoms with Crippen LogP contribution in [0, 0.1) is 0 Å². The molecule has 3 aromatic rings. The first kappa shape index (κ1) is 19.4. The minimum absolute atomic E-state index is 0.0254. The monoisotopic (exact) mass is 411 g/mol. The van der Waals surface area contributed by atoms with E-state index in [9.17, 15) is 4.79 Å². The normalized spacial score (nSPS) is 16.7. The van der Waals surface area contributed by atoms with Crippen molar-refractivity contribution in [2.75, 3.05) is 31.6 Å². The molecule has 1 aliphatic heterocycles. The number of nitrogens with one attached hydrogen (secondary N) is 1. The summed E-state index contributed by atoms with van der Waals surface area (Å²) < 4.78 is 7.11. The summed E-state index contributed by atoms with van der Waals surface area (Å²) in [6.07, 6.45) is 3.39. The van der Waals surface area contributed by atoms with Crippen molar-refractivity contribution in [2.24, 2.45) is 7.05 Å². The topological polar surface area (TPSA) is 72.3 Å². The van der Waals surface area contributed by atoms with E-state index in [-0.39, 0.29) is 11.6 Å². The number of ether oxygens (including phenoxy) is 1. The number of methoxy groups -OCH3 is 1. The maximum Gasteiger partial charge on any atom is 0.255 e. The second-order valence-electron chi connectivity index (χ2n) is 6.91. The van der Waals surface area contributed by atoms with E-state index in [1.165, 1.54) is 0 Å². The molecule has 150 valence electrons. The fourth-order valence-electron chi connectivity index (χ4n) is 3.59. The van der Waals surface area contributed by atoms with E-state index < -0.39 is 0 Å².